The van der Waals surface area contributed by atoms with Gasteiger partial charge in [-0.3, -0.25) is 9.59 Å². The summed E-state index contributed by atoms with van der Waals surface area (Å²) in [5.41, 5.74) is 0.176. The number of alkyl halides is 5. The second-order valence-electron chi connectivity index (χ2n) is 7.89. The summed E-state index contributed by atoms with van der Waals surface area (Å²) in [6.45, 7) is 0. The van der Waals surface area contributed by atoms with Gasteiger partial charge in [0.05, 0.1) is 22.1 Å². The molecule has 1 saturated carbocycles. The van der Waals surface area contributed by atoms with E-state index >= 15 is 0 Å². The molecule has 1 fully saturated rings. The van der Waals surface area contributed by atoms with E-state index in [9.17, 15) is 27.2 Å². The molecule has 0 spiro atoms. The molecule has 0 unspecified atom stereocenters. The summed E-state index contributed by atoms with van der Waals surface area (Å²) in [6.07, 6.45) is -4.49. The van der Waals surface area contributed by atoms with E-state index in [1.165, 1.54) is 54.6 Å². The Labute approximate surface area is 212 Å². The molecule has 2 N–H and O–H groups in total. The average molecular weight is 546 g/mol. The van der Waals surface area contributed by atoms with Gasteiger partial charge in [0.2, 0.25) is 5.91 Å². The van der Waals surface area contributed by atoms with Gasteiger partial charge in [0, 0.05) is 17.3 Å². The summed E-state index contributed by atoms with van der Waals surface area (Å²) < 4.78 is 50.0. The van der Waals surface area contributed by atoms with Crippen molar-refractivity contribution in [1.29, 1.82) is 0 Å². The van der Waals surface area contributed by atoms with Gasteiger partial charge in [-0.1, -0.05) is 23.7 Å². The van der Waals surface area contributed by atoms with Gasteiger partial charge in [-0.15, -0.1) is 23.2 Å². The zero-order valence-corrected chi connectivity index (χ0v) is 19.7. The fourth-order valence-electron chi connectivity index (χ4n) is 3.68. The van der Waals surface area contributed by atoms with Crippen molar-refractivity contribution >= 4 is 58.0 Å². The highest BCUT2D eigenvalue weighted by Gasteiger charge is 2.67. The molecule has 0 saturated heterocycles. The Morgan fingerprint density at radius 1 is 0.857 bits per heavy atom. The first-order valence-corrected chi connectivity index (χ1v) is 11.2. The number of halogens is 7. The van der Waals surface area contributed by atoms with E-state index in [0.717, 1.165) is 12.1 Å². The van der Waals surface area contributed by atoms with Crippen molar-refractivity contribution in [2.45, 2.75) is 16.4 Å². The SMILES string of the molecule is O=C(Nc1ccc(F)cc1)c1cc(NC(=O)[C@H]2[C@H](c3ccc(C(F)(F)F)cc3)C2(Cl)Cl)ccc1Cl. The maximum atomic E-state index is 13.1. The molecule has 0 heterocycles. The van der Waals surface area contributed by atoms with E-state index in [1.54, 1.807) is 0 Å². The highest BCUT2D eigenvalue weighted by Crippen LogP contribution is 2.65. The zero-order chi connectivity index (χ0) is 25.5. The van der Waals surface area contributed by atoms with E-state index in [-0.39, 0.29) is 16.3 Å². The van der Waals surface area contributed by atoms with Crippen molar-refractivity contribution in [1.82, 2.24) is 0 Å². The normalized spacial score (nSPS) is 18.6. The van der Waals surface area contributed by atoms with Gasteiger partial charge < -0.3 is 10.6 Å². The van der Waals surface area contributed by atoms with Crippen LogP contribution in [0.15, 0.2) is 66.7 Å². The number of hydrogen-bond acceptors (Lipinski definition) is 2. The van der Waals surface area contributed by atoms with E-state index in [2.05, 4.69) is 10.6 Å². The van der Waals surface area contributed by atoms with Crippen LogP contribution in [0.25, 0.3) is 0 Å². The molecule has 0 aromatic heterocycles. The van der Waals surface area contributed by atoms with Crippen LogP contribution >= 0.6 is 34.8 Å². The Morgan fingerprint density at radius 2 is 1.46 bits per heavy atom. The van der Waals surface area contributed by atoms with E-state index in [0.29, 0.717) is 11.3 Å². The number of hydrogen-bond donors (Lipinski definition) is 2. The quantitative estimate of drug-likeness (QED) is 0.262. The molecule has 0 bridgehead atoms. The summed E-state index contributed by atoms with van der Waals surface area (Å²) in [5.74, 6) is -3.28. The number of amides is 2. The van der Waals surface area contributed by atoms with Gasteiger partial charge in [-0.25, -0.2) is 4.39 Å². The van der Waals surface area contributed by atoms with Crippen molar-refractivity contribution < 1.29 is 27.2 Å². The maximum Gasteiger partial charge on any atom is 0.416 e. The third-order valence-corrected chi connectivity index (χ3v) is 6.78. The van der Waals surface area contributed by atoms with Crippen LogP contribution in [0, 0.1) is 11.7 Å². The van der Waals surface area contributed by atoms with Crippen LogP contribution in [0.3, 0.4) is 0 Å². The molecule has 4 rings (SSSR count). The topological polar surface area (TPSA) is 58.2 Å². The zero-order valence-electron chi connectivity index (χ0n) is 17.5. The summed E-state index contributed by atoms with van der Waals surface area (Å²) in [7, 11) is 0. The highest BCUT2D eigenvalue weighted by molar-refractivity contribution is 6.53. The van der Waals surface area contributed by atoms with E-state index < -0.39 is 45.5 Å². The number of benzene rings is 3. The lowest BCUT2D eigenvalue weighted by molar-refractivity contribution is -0.137. The summed E-state index contributed by atoms with van der Waals surface area (Å²) in [5, 5.41) is 5.30. The van der Waals surface area contributed by atoms with Crippen LogP contribution < -0.4 is 10.6 Å². The largest absolute Gasteiger partial charge is 0.416 e. The van der Waals surface area contributed by atoms with Gasteiger partial charge in [0.25, 0.3) is 5.91 Å². The highest BCUT2D eigenvalue weighted by atomic mass is 35.5. The smallest absolute Gasteiger partial charge is 0.326 e. The van der Waals surface area contributed by atoms with Crippen LogP contribution in [0.2, 0.25) is 5.02 Å². The minimum absolute atomic E-state index is 0.0480. The number of rotatable bonds is 5. The van der Waals surface area contributed by atoms with Crippen molar-refractivity contribution in [3.05, 3.63) is 94.3 Å². The van der Waals surface area contributed by atoms with E-state index in [1.807, 2.05) is 0 Å². The van der Waals surface area contributed by atoms with Crippen LogP contribution in [0.4, 0.5) is 28.9 Å². The van der Waals surface area contributed by atoms with Gasteiger partial charge in [0.1, 0.15) is 10.2 Å². The Bertz CT molecular complexity index is 1280. The molecule has 4 nitrogen and oxygen atoms in total. The Balaban J connectivity index is 1.48. The Kier molecular flexibility index (Phi) is 6.74. The lowest BCUT2D eigenvalue weighted by atomic mass is 10.1. The number of carbonyl (C=O) groups is 2. The molecule has 1 aliphatic rings. The first kappa shape index (κ1) is 25.3. The summed E-state index contributed by atoms with van der Waals surface area (Å²) >= 11 is 18.7. The molecule has 35 heavy (non-hydrogen) atoms. The standard InChI is InChI=1S/C24H15Cl3F4N2O2/c25-18-10-9-16(11-17(18)21(34)32-15-7-5-14(28)6-8-15)33-22(35)20-19(23(20,26)27)12-1-3-13(4-2-12)24(29,30)31/h1-11,19-20H,(H,32,34)(H,33,35)/t19-,20+/m0/s1. The van der Waals surface area contributed by atoms with Crippen molar-refractivity contribution in [2.75, 3.05) is 10.6 Å². The van der Waals surface area contributed by atoms with Gasteiger partial charge in [0.15, 0.2) is 0 Å². The van der Waals surface area contributed by atoms with E-state index in [4.69, 9.17) is 34.8 Å². The molecule has 2 atom stereocenters. The lowest BCUT2D eigenvalue weighted by Gasteiger charge is -2.10. The van der Waals surface area contributed by atoms with Gasteiger partial charge >= 0.3 is 6.18 Å². The van der Waals surface area contributed by atoms with Gasteiger partial charge in [-0.2, -0.15) is 13.2 Å². The molecule has 11 heteroatoms. The second kappa shape index (κ2) is 9.33. The summed E-state index contributed by atoms with van der Waals surface area (Å²) in [4.78, 5) is 25.5. The molecule has 0 aliphatic heterocycles. The third kappa shape index (κ3) is 5.39. The minimum atomic E-state index is -4.49. The molecule has 3 aromatic rings. The molecule has 1 aliphatic carbocycles. The lowest BCUT2D eigenvalue weighted by Crippen LogP contribution is -2.18. The monoisotopic (exact) mass is 544 g/mol. The Hall–Kier alpha value is -2.81. The fraction of sp³-hybridized carbons (Fsp3) is 0.167. The molecule has 182 valence electrons. The van der Waals surface area contributed by atoms with Crippen molar-refractivity contribution in [2.24, 2.45) is 5.92 Å². The van der Waals surface area contributed by atoms with Crippen LogP contribution in [-0.2, 0) is 11.0 Å². The predicted molar refractivity (Wildman–Crippen MR) is 127 cm³/mol. The first-order chi connectivity index (χ1) is 16.4. The number of anilines is 2. The second-order valence-corrected chi connectivity index (χ2v) is 9.75. The summed E-state index contributed by atoms with van der Waals surface area (Å²) in [6, 6.07) is 13.6. The first-order valence-electron chi connectivity index (χ1n) is 10.1. The number of carbonyl (C=O) groups excluding carboxylic acids is 2. The third-order valence-electron chi connectivity index (χ3n) is 5.51. The average Bonchev–Trinajstić information content (AvgIpc) is 3.38. The number of nitrogens with one attached hydrogen (secondary N) is 2. The Morgan fingerprint density at radius 3 is 2.06 bits per heavy atom. The van der Waals surface area contributed by atoms with Gasteiger partial charge in [-0.05, 0) is 60.2 Å². The fourth-order valence-corrected chi connectivity index (χ4v) is 4.71. The van der Waals surface area contributed by atoms with Crippen LogP contribution in [-0.4, -0.2) is 16.1 Å². The van der Waals surface area contributed by atoms with Crippen LogP contribution in [0.1, 0.15) is 27.4 Å². The van der Waals surface area contributed by atoms with Crippen molar-refractivity contribution in [3.63, 3.8) is 0 Å². The molecular weight excluding hydrogens is 531 g/mol. The predicted octanol–water partition coefficient (Wildman–Crippen LogP) is 7.28. The molecule has 0 radical (unpaired) electrons. The van der Waals surface area contributed by atoms with Crippen LogP contribution in [0.5, 0.6) is 0 Å². The van der Waals surface area contributed by atoms with Crippen molar-refractivity contribution in [3.8, 4) is 0 Å². The maximum absolute atomic E-state index is 13.1. The molecule has 2 amide bonds. The molecular formula is C24H15Cl3F4N2O2. The molecule has 3 aromatic carbocycles. The minimum Gasteiger partial charge on any atom is -0.326 e.